The molecule has 0 amide bonds. The molecular weight excluding hydrogens is 129 g/mol. The molecule has 1 aliphatic carbocycles. The highest BCUT2D eigenvalue weighted by Gasteiger charge is 2.38. The smallest absolute Gasteiger partial charge is 0.0899 e. The van der Waals surface area contributed by atoms with E-state index in [-0.39, 0.29) is 6.67 Å². The van der Waals surface area contributed by atoms with E-state index in [4.69, 9.17) is 5.73 Å². The van der Waals surface area contributed by atoms with Crippen molar-refractivity contribution in [3.05, 3.63) is 0 Å². The molecule has 0 unspecified atom stereocenters. The zero-order chi connectivity index (χ0) is 7.61. The minimum Gasteiger partial charge on any atom is -0.330 e. The van der Waals surface area contributed by atoms with Crippen LogP contribution in [0.5, 0.6) is 0 Å². The third-order valence-electron chi connectivity index (χ3n) is 2.59. The average Bonchev–Trinajstić information content (AvgIpc) is 1.83. The minimum absolute atomic E-state index is 0.173. The summed E-state index contributed by atoms with van der Waals surface area (Å²) < 4.78 is 11.9. The van der Waals surface area contributed by atoms with Crippen LogP contribution in [-0.2, 0) is 0 Å². The molecule has 0 aliphatic heterocycles. The average molecular weight is 145 g/mol. The molecule has 1 saturated carbocycles. The molecule has 0 saturated heterocycles. The Morgan fingerprint density at radius 1 is 1.60 bits per heavy atom. The summed E-state index contributed by atoms with van der Waals surface area (Å²) in [6, 6.07) is 0. The molecule has 60 valence electrons. The fourth-order valence-electron chi connectivity index (χ4n) is 1.93. The molecule has 2 heteroatoms. The third-order valence-corrected chi connectivity index (χ3v) is 2.59. The van der Waals surface area contributed by atoms with Gasteiger partial charge in [-0.15, -0.1) is 0 Å². The summed E-state index contributed by atoms with van der Waals surface area (Å²) in [6.45, 7) is 2.76. The van der Waals surface area contributed by atoms with Gasteiger partial charge >= 0.3 is 0 Å². The van der Waals surface area contributed by atoms with Crippen LogP contribution in [0.15, 0.2) is 0 Å². The van der Waals surface area contributed by atoms with Crippen LogP contribution in [0.1, 0.15) is 26.2 Å². The van der Waals surface area contributed by atoms with Crippen LogP contribution < -0.4 is 5.73 Å². The predicted molar refractivity (Wildman–Crippen MR) is 40.5 cm³/mol. The van der Waals surface area contributed by atoms with Crippen LogP contribution in [0.25, 0.3) is 0 Å². The molecule has 0 aromatic rings. The quantitative estimate of drug-likeness (QED) is 0.643. The predicted octanol–water partition coefficient (Wildman–Crippen LogP) is 1.72. The summed E-state index contributed by atoms with van der Waals surface area (Å²) in [4.78, 5) is 0. The molecule has 0 spiro atoms. The summed E-state index contributed by atoms with van der Waals surface area (Å²) in [7, 11) is 0. The Kier molecular flexibility index (Phi) is 2.29. The maximum absolute atomic E-state index is 11.9. The summed E-state index contributed by atoms with van der Waals surface area (Å²) >= 11 is 0. The molecular formula is C8H16FN. The van der Waals surface area contributed by atoms with Gasteiger partial charge in [0.1, 0.15) is 0 Å². The molecule has 10 heavy (non-hydrogen) atoms. The van der Waals surface area contributed by atoms with Gasteiger partial charge in [-0.05, 0) is 37.1 Å². The number of nitrogens with two attached hydrogens (primary N) is 1. The highest BCUT2D eigenvalue weighted by molar-refractivity contribution is 4.90. The first kappa shape index (κ1) is 7.99. The summed E-state index contributed by atoms with van der Waals surface area (Å²) in [5.74, 6) is 0.677. The van der Waals surface area contributed by atoms with Gasteiger partial charge in [0, 0.05) is 0 Å². The van der Waals surface area contributed by atoms with Crippen molar-refractivity contribution in [1.29, 1.82) is 0 Å². The Morgan fingerprint density at radius 3 is 2.60 bits per heavy atom. The lowest BCUT2D eigenvalue weighted by molar-refractivity contribution is 0.0630. The van der Waals surface area contributed by atoms with E-state index >= 15 is 0 Å². The van der Waals surface area contributed by atoms with Crippen LogP contribution in [-0.4, -0.2) is 13.2 Å². The lowest BCUT2D eigenvalue weighted by Crippen LogP contribution is -2.38. The largest absolute Gasteiger partial charge is 0.330 e. The maximum atomic E-state index is 11.9. The normalized spacial score (nSPS) is 39.3. The van der Waals surface area contributed by atoms with E-state index in [1.807, 2.05) is 0 Å². The number of alkyl halides is 1. The summed E-state index contributed by atoms with van der Waals surface area (Å²) in [5, 5.41) is 0. The first-order valence-corrected chi connectivity index (χ1v) is 3.96. The van der Waals surface area contributed by atoms with Gasteiger partial charge in [0.2, 0.25) is 0 Å². The van der Waals surface area contributed by atoms with Crippen molar-refractivity contribution in [2.75, 3.05) is 13.2 Å². The van der Waals surface area contributed by atoms with Crippen LogP contribution >= 0.6 is 0 Å². The van der Waals surface area contributed by atoms with E-state index in [1.54, 1.807) is 0 Å². The zero-order valence-corrected chi connectivity index (χ0v) is 6.57. The topological polar surface area (TPSA) is 26.0 Å². The van der Waals surface area contributed by atoms with Crippen molar-refractivity contribution in [1.82, 2.24) is 0 Å². The summed E-state index contributed by atoms with van der Waals surface area (Å²) in [6.07, 6.45) is 2.99. The molecule has 1 aliphatic rings. The Morgan fingerprint density at radius 2 is 2.20 bits per heavy atom. The Bertz CT molecular complexity index is 108. The van der Waals surface area contributed by atoms with E-state index < -0.39 is 0 Å². The van der Waals surface area contributed by atoms with Crippen molar-refractivity contribution in [2.24, 2.45) is 17.1 Å². The van der Waals surface area contributed by atoms with Crippen LogP contribution in [0.3, 0.4) is 0 Å². The van der Waals surface area contributed by atoms with Crippen molar-refractivity contribution in [3.8, 4) is 0 Å². The van der Waals surface area contributed by atoms with Crippen molar-refractivity contribution in [2.45, 2.75) is 26.2 Å². The number of halogens is 1. The van der Waals surface area contributed by atoms with Crippen molar-refractivity contribution < 1.29 is 4.39 Å². The van der Waals surface area contributed by atoms with E-state index in [2.05, 4.69) is 6.92 Å². The van der Waals surface area contributed by atoms with Gasteiger partial charge in [-0.25, -0.2) is 0 Å². The molecule has 2 N–H and O–H groups in total. The molecule has 1 nitrogen and oxygen atoms in total. The number of rotatable bonds is 3. The maximum Gasteiger partial charge on any atom is 0.0899 e. The van der Waals surface area contributed by atoms with Gasteiger partial charge in [0.25, 0.3) is 0 Å². The Hall–Kier alpha value is -0.110. The van der Waals surface area contributed by atoms with Crippen LogP contribution in [0.4, 0.5) is 4.39 Å². The van der Waals surface area contributed by atoms with Gasteiger partial charge in [-0.1, -0.05) is 6.92 Å². The van der Waals surface area contributed by atoms with E-state index in [1.165, 1.54) is 0 Å². The Labute approximate surface area is 61.8 Å². The van der Waals surface area contributed by atoms with Gasteiger partial charge < -0.3 is 5.73 Å². The second kappa shape index (κ2) is 2.87. The van der Waals surface area contributed by atoms with Gasteiger partial charge in [-0.2, -0.15) is 0 Å². The first-order chi connectivity index (χ1) is 4.70. The lowest BCUT2D eigenvalue weighted by atomic mass is 9.62. The molecule has 1 fully saturated rings. The molecule has 1 rings (SSSR count). The van der Waals surface area contributed by atoms with Gasteiger partial charge in [0.05, 0.1) is 6.67 Å². The molecule has 0 bridgehead atoms. The molecule has 0 aromatic carbocycles. The number of hydrogen-bond donors (Lipinski definition) is 1. The minimum atomic E-state index is -0.173. The molecule has 0 heterocycles. The second-order valence-electron chi connectivity index (χ2n) is 3.76. The zero-order valence-electron chi connectivity index (χ0n) is 6.57. The SMILES string of the molecule is CC1(CCF)CC(CN)C1. The van der Waals surface area contributed by atoms with E-state index in [9.17, 15) is 4.39 Å². The fraction of sp³-hybridized carbons (Fsp3) is 1.00. The van der Waals surface area contributed by atoms with Crippen LogP contribution in [0, 0.1) is 11.3 Å². The molecule has 0 atom stereocenters. The summed E-state index contributed by atoms with van der Waals surface area (Å²) in [5.41, 5.74) is 5.75. The van der Waals surface area contributed by atoms with Crippen molar-refractivity contribution >= 4 is 0 Å². The Balaban J connectivity index is 2.20. The standard InChI is InChI=1S/C8H16FN/c1-8(2-3-9)4-7(5-8)6-10/h7H,2-6,10H2,1H3. The molecule has 0 aromatic heterocycles. The van der Waals surface area contributed by atoms with Gasteiger partial charge in [0.15, 0.2) is 0 Å². The first-order valence-electron chi connectivity index (χ1n) is 3.96. The second-order valence-corrected chi connectivity index (χ2v) is 3.76. The highest BCUT2D eigenvalue weighted by atomic mass is 19.1. The van der Waals surface area contributed by atoms with Gasteiger partial charge in [-0.3, -0.25) is 4.39 Å². The number of hydrogen-bond acceptors (Lipinski definition) is 1. The molecule has 0 radical (unpaired) electrons. The highest BCUT2D eigenvalue weighted by Crippen LogP contribution is 2.47. The van der Waals surface area contributed by atoms with E-state index in [0.717, 1.165) is 25.8 Å². The fourth-order valence-corrected chi connectivity index (χ4v) is 1.93. The monoisotopic (exact) mass is 145 g/mol. The lowest BCUT2D eigenvalue weighted by Gasteiger charge is -2.44. The third kappa shape index (κ3) is 1.48. The van der Waals surface area contributed by atoms with Crippen LogP contribution in [0.2, 0.25) is 0 Å². The van der Waals surface area contributed by atoms with E-state index in [0.29, 0.717) is 11.3 Å². The van der Waals surface area contributed by atoms with Crippen molar-refractivity contribution in [3.63, 3.8) is 0 Å².